The Balaban J connectivity index is 1.81. The molecule has 124 valence electrons. The van der Waals surface area contributed by atoms with E-state index >= 15 is 0 Å². The Morgan fingerprint density at radius 3 is 2.75 bits per heavy atom. The Morgan fingerprint density at radius 2 is 2.00 bits per heavy atom. The summed E-state index contributed by atoms with van der Waals surface area (Å²) in [7, 11) is 1.53. The molecule has 7 heteroatoms. The summed E-state index contributed by atoms with van der Waals surface area (Å²) in [6.45, 7) is -0.187. The lowest BCUT2D eigenvalue weighted by Gasteiger charge is -2.18. The van der Waals surface area contributed by atoms with Crippen molar-refractivity contribution in [2.75, 3.05) is 7.05 Å². The zero-order valence-electron chi connectivity index (χ0n) is 12.8. The van der Waals surface area contributed by atoms with E-state index in [-0.39, 0.29) is 29.6 Å². The molecule has 0 fully saturated rings. The molecule has 0 atom stereocenters. The fraction of sp³-hybridized carbons (Fsp3) is 0.176. The monoisotopic (exact) mass is 348 g/mol. The number of aromatic nitrogens is 1. The van der Waals surface area contributed by atoms with Crippen molar-refractivity contribution in [3.8, 4) is 0 Å². The maximum Gasteiger partial charge on any atom is 0.420 e. The predicted octanol–water partition coefficient (Wildman–Crippen LogP) is 3.05. The third-order valence-corrected chi connectivity index (χ3v) is 4.10. The van der Waals surface area contributed by atoms with Gasteiger partial charge in [0.1, 0.15) is 12.4 Å². The predicted molar refractivity (Wildman–Crippen MR) is 88.4 cm³/mol. The summed E-state index contributed by atoms with van der Waals surface area (Å²) in [5.41, 5.74) is 1.18. The Hall–Kier alpha value is -2.60. The molecule has 0 saturated carbocycles. The molecule has 0 unspecified atom stereocenters. The number of fused-ring (bicyclic) bond motifs is 1. The Bertz CT molecular complexity index is 944. The summed E-state index contributed by atoms with van der Waals surface area (Å²) in [5, 5.41) is 0.251. The van der Waals surface area contributed by atoms with Crippen LogP contribution in [0.15, 0.2) is 51.7 Å². The minimum Gasteiger partial charge on any atom is -0.408 e. The van der Waals surface area contributed by atoms with E-state index in [2.05, 4.69) is 0 Å². The number of amides is 1. The molecule has 1 aromatic heterocycles. The number of hydrogen-bond acceptors (Lipinski definition) is 3. The molecular formula is C17H14ClFN2O3. The van der Waals surface area contributed by atoms with Crippen molar-refractivity contribution in [3.63, 3.8) is 0 Å². The first-order valence-electron chi connectivity index (χ1n) is 7.22. The lowest BCUT2D eigenvalue weighted by molar-refractivity contribution is -0.131. The van der Waals surface area contributed by atoms with Crippen LogP contribution in [0.1, 0.15) is 5.56 Å². The topological polar surface area (TPSA) is 55.5 Å². The highest BCUT2D eigenvalue weighted by Gasteiger charge is 2.17. The van der Waals surface area contributed by atoms with Crippen LogP contribution in [0, 0.1) is 5.82 Å². The molecule has 0 spiro atoms. The number of hydrogen-bond donors (Lipinski definition) is 0. The van der Waals surface area contributed by atoms with E-state index < -0.39 is 11.6 Å². The molecule has 0 radical (unpaired) electrons. The minimum atomic E-state index is -0.609. The smallest absolute Gasteiger partial charge is 0.408 e. The molecule has 0 aliphatic heterocycles. The Labute approximate surface area is 141 Å². The highest BCUT2D eigenvalue weighted by molar-refractivity contribution is 6.31. The third-order valence-electron chi connectivity index (χ3n) is 3.75. The van der Waals surface area contributed by atoms with Crippen molar-refractivity contribution in [3.05, 3.63) is 69.4 Å². The second kappa shape index (κ2) is 6.49. The lowest BCUT2D eigenvalue weighted by Crippen LogP contribution is -2.32. The van der Waals surface area contributed by atoms with Crippen molar-refractivity contribution in [1.29, 1.82) is 0 Å². The highest BCUT2D eigenvalue weighted by Crippen LogP contribution is 2.20. The number of benzene rings is 2. The zero-order valence-corrected chi connectivity index (χ0v) is 13.6. The quantitative estimate of drug-likeness (QED) is 0.728. The van der Waals surface area contributed by atoms with Gasteiger partial charge in [0.05, 0.1) is 5.52 Å². The summed E-state index contributed by atoms with van der Waals surface area (Å²) < 4.78 is 20.2. The Kier molecular flexibility index (Phi) is 4.40. The highest BCUT2D eigenvalue weighted by atomic mass is 35.5. The maximum absolute atomic E-state index is 13.8. The van der Waals surface area contributed by atoms with Gasteiger partial charge in [-0.25, -0.2) is 9.18 Å². The second-order valence-electron chi connectivity index (χ2n) is 5.37. The van der Waals surface area contributed by atoms with Crippen LogP contribution in [0.5, 0.6) is 0 Å². The van der Waals surface area contributed by atoms with Gasteiger partial charge in [-0.3, -0.25) is 9.36 Å². The van der Waals surface area contributed by atoms with Crippen LogP contribution in [0.3, 0.4) is 0 Å². The number of para-hydroxylation sites is 2. The number of rotatable bonds is 4. The van der Waals surface area contributed by atoms with Crippen LogP contribution in [-0.4, -0.2) is 22.4 Å². The van der Waals surface area contributed by atoms with Gasteiger partial charge < -0.3 is 9.32 Å². The molecular weight excluding hydrogens is 335 g/mol. The standard InChI is InChI=1S/C17H14ClFN2O3/c1-20(9-11-12(18)5-4-6-13(11)19)16(22)10-21-14-7-2-3-8-15(14)24-17(21)23/h2-8H,9-10H2,1H3. The first kappa shape index (κ1) is 16.3. The van der Waals surface area contributed by atoms with Crippen LogP contribution in [0.2, 0.25) is 5.02 Å². The average Bonchev–Trinajstić information content (AvgIpc) is 2.87. The van der Waals surface area contributed by atoms with E-state index in [9.17, 15) is 14.0 Å². The number of carbonyl (C=O) groups is 1. The number of oxazole rings is 1. The molecule has 1 amide bonds. The van der Waals surface area contributed by atoms with Gasteiger partial charge >= 0.3 is 5.76 Å². The molecule has 0 saturated heterocycles. The van der Waals surface area contributed by atoms with E-state index in [0.717, 1.165) is 0 Å². The third kappa shape index (κ3) is 3.05. The summed E-state index contributed by atoms with van der Waals surface area (Å²) in [6.07, 6.45) is 0. The fourth-order valence-corrected chi connectivity index (χ4v) is 2.65. The maximum atomic E-state index is 13.8. The van der Waals surface area contributed by atoms with Crippen LogP contribution in [0.4, 0.5) is 4.39 Å². The molecule has 5 nitrogen and oxygen atoms in total. The average molecular weight is 349 g/mol. The van der Waals surface area contributed by atoms with E-state index in [1.165, 1.54) is 28.6 Å². The molecule has 0 aliphatic rings. The van der Waals surface area contributed by atoms with Crippen LogP contribution in [-0.2, 0) is 17.9 Å². The number of halogens is 2. The van der Waals surface area contributed by atoms with Gasteiger partial charge in [-0.05, 0) is 24.3 Å². The second-order valence-corrected chi connectivity index (χ2v) is 5.78. The van der Waals surface area contributed by atoms with Crippen LogP contribution in [0.25, 0.3) is 11.1 Å². The normalized spacial score (nSPS) is 11.0. The molecule has 1 heterocycles. The van der Waals surface area contributed by atoms with E-state index in [1.807, 2.05) is 0 Å². The van der Waals surface area contributed by atoms with Gasteiger partial charge in [0.15, 0.2) is 5.58 Å². The van der Waals surface area contributed by atoms with Gasteiger partial charge in [0, 0.05) is 24.2 Å². The molecule has 24 heavy (non-hydrogen) atoms. The first-order chi connectivity index (χ1) is 11.5. The molecule has 0 aliphatic carbocycles. The van der Waals surface area contributed by atoms with Gasteiger partial charge in [-0.1, -0.05) is 29.8 Å². The lowest BCUT2D eigenvalue weighted by atomic mass is 10.2. The van der Waals surface area contributed by atoms with E-state index in [4.69, 9.17) is 16.0 Å². The molecule has 0 N–H and O–H groups in total. The van der Waals surface area contributed by atoms with Crippen LogP contribution < -0.4 is 5.76 Å². The summed E-state index contributed by atoms with van der Waals surface area (Å²) in [6, 6.07) is 11.2. The summed E-state index contributed by atoms with van der Waals surface area (Å²) in [5.74, 6) is -1.45. The van der Waals surface area contributed by atoms with Crippen molar-refractivity contribution in [1.82, 2.24) is 9.47 Å². The van der Waals surface area contributed by atoms with Crippen molar-refractivity contribution < 1.29 is 13.6 Å². The van der Waals surface area contributed by atoms with E-state index in [0.29, 0.717) is 11.1 Å². The molecule has 2 aromatic carbocycles. The zero-order chi connectivity index (χ0) is 17.3. The number of likely N-dealkylation sites (N-methyl/N-ethyl adjacent to an activating group) is 1. The minimum absolute atomic E-state index is 0.00880. The fourth-order valence-electron chi connectivity index (χ4n) is 2.43. The number of nitrogens with zero attached hydrogens (tertiary/aromatic N) is 2. The number of carbonyl (C=O) groups excluding carboxylic acids is 1. The van der Waals surface area contributed by atoms with Crippen molar-refractivity contribution in [2.45, 2.75) is 13.1 Å². The molecule has 0 bridgehead atoms. The van der Waals surface area contributed by atoms with Crippen LogP contribution >= 0.6 is 11.6 Å². The largest absolute Gasteiger partial charge is 0.420 e. The van der Waals surface area contributed by atoms with E-state index in [1.54, 1.807) is 30.3 Å². The summed E-state index contributed by atoms with van der Waals surface area (Å²) in [4.78, 5) is 25.6. The molecule has 3 aromatic rings. The Morgan fingerprint density at radius 1 is 1.25 bits per heavy atom. The summed E-state index contributed by atoms with van der Waals surface area (Å²) >= 11 is 5.98. The molecule has 3 rings (SSSR count). The first-order valence-corrected chi connectivity index (χ1v) is 7.60. The van der Waals surface area contributed by atoms with Gasteiger partial charge in [-0.15, -0.1) is 0 Å². The van der Waals surface area contributed by atoms with Gasteiger partial charge in [0.2, 0.25) is 5.91 Å². The van der Waals surface area contributed by atoms with Gasteiger partial charge in [-0.2, -0.15) is 0 Å². The SMILES string of the molecule is CN(Cc1c(F)cccc1Cl)C(=O)Cn1c(=O)oc2ccccc21. The van der Waals surface area contributed by atoms with Gasteiger partial charge in [0.25, 0.3) is 0 Å². The van der Waals surface area contributed by atoms with Crippen molar-refractivity contribution >= 4 is 28.6 Å². The van der Waals surface area contributed by atoms with Crippen molar-refractivity contribution in [2.24, 2.45) is 0 Å².